The minimum absolute atomic E-state index is 0.218. The van der Waals surface area contributed by atoms with Crippen LogP contribution < -0.4 is 9.80 Å². The molecular formula is C27H31ClN6OS. The monoisotopic (exact) mass is 522 g/mol. The molecular weight excluding hydrogens is 492 g/mol. The molecule has 1 aliphatic carbocycles. The molecule has 0 amide bonds. The van der Waals surface area contributed by atoms with E-state index in [4.69, 9.17) is 16.6 Å². The Morgan fingerprint density at radius 2 is 1.75 bits per heavy atom. The van der Waals surface area contributed by atoms with Crippen LogP contribution in [0.1, 0.15) is 37.8 Å². The summed E-state index contributed by atoms with van der Waals surface area (Å²) >= 11 is 8.23. The van der Waals surface area contributed by atoms with Gasteiger partial charge in [-0.1, -0.05) is 23.4 Å². The lowest BCUT2D eigenvalue weighted by Gasteiger charge is -2.46. The summed E-state index contributed by atoms with van der Waals surface area (Å²) in [5, 5.41) is 11.7. The van der Waals surface area contributed by atoms with Crippen LogP contribution in [-0.2, 0) is 12.8 Å². The Labute approximate surface area is 221 Å². The van der Waals surface area contributed by atoms with Crippen molar-refractivity contribution in [3.8, 4) is 0 Å². The van der Waals surface area contributed by atoms with Crippen molar-refractivity contribution in [2.24, 2.45) is 11.3 Å². The van der Waals surface area contributed by atoms with Crippen molar-refractivity contribution in [1.29, 1.82) is 0 Å². The molecule has 2 aliphatic heterocycles. The van der Waals surface area contributed by atoms with Gasteiger partial charge < -0.3 is 14.9 Å². The summed E-state index contributed by atoms with van der Waals surface area (Å²) in [5.74, 6) is 1.92. The first-order valence-electron chi connectivity index (χ1n) is 12.6. The number of hydrogen-bond donors (Lipinski definition) is 1. The van der Waals surface area contributed by atoms with E-state index < -0.39 is 5.60 Å². The second-order valence-electron chi connectivity index (χ2n) is 11.0. The fourth-order valence-electron chi connectivity index (χ4n) is 5.67. The van der Waals surface area contributed by atoms with Gasteiger partial charge in [0, 0.05) is 55.6 Å². The van der Waals surface area contributed by atoms with Gasteiger partial charge in [-0.15, -0.1) is 0 Å². The van der Waals surface area contributed by atoms with Gasteiger partial charge in [-0.2, -0.15) is 0 Å². The average Bonchev–Trinajstić information content (AvgIpc) is 3.18. The molecule has 3 aliphatic rings. The van der Waals surface area contributed by atoms with Crippen LogP contribution in [0.15, 0.2) is 53.0 Å². The second-order valence-corrected chi connectivity index (χ2v) is 12.4. The van der Waals surface area contributed by atoms with E-state index >= 15 is 0 Å². The maximum absolute atomic E-state index is 10.2. The molecule has 7 nitrogen and oxygen atoms in total. The molecule has 3 aromatic rings. The Hall–Kier alpha value is -2.42. The molecule has 0 atom stereocenters. The fourth-order valence-corrected chi connectivity index (χ4v) is 6.77. The highest BCUT2D eigenvalue weighted by atomic mass is 35.5. The van der Waals surface area contributed by atoms with E-state index in [0.717, 1.165) is 54.2 Å². The molecule has 0 radical (unpaired) electrons. The van der Waals surface area contributed by atoms with Crippen LogP contribution in [0.25, 0.3) is 0 Å². The number of fused-ring (bicyclic) bond motifs is 1. The van der Waals surface area contributed by atoms with Crippen molar-refractivity contribution >= 4 is 35.0 Å². The van der Waals surface area contributed by atoms with Gasteiger partial charge in [0.2, 0.25) is 0 Å². The van der Waals surface area contributed by atoms with E-state index in [2.05, 4.69) is 30.8 Å². The Morgan fingerprint density at radius 3 is 2.44 bits per heavy atom. The highest BCUT2D eigenvalue weighted by molar-refractivity contribution is 7.99. The summed E-state index contributed by atoms with van der Waals surface area (Å²) in [7, 11) is 0. The normalized spacial score (nSPS) is 19.4. The van der Waals surface area contributed by atoms with E-state index in [9.17, 15) is 5.11 Å². The molecule has 36 heavy (non-hydrogen) atoms. The van der Waals surface area contributed by atoms with Crippen LogP contribution in [0.3, 0.4) is 0 Å². The Morgan fingerprint density at radius 1 is 0.972 bits per heavy atom. The predicted octanol–water partition coefficient (Wildman–Crippen LogP) is 4.66. The number of piperidine rings is 1. The zero-order valence-corrected chi connectivity index (χ0v) is 22.3. The number of rotatable bonds is 5. The van der Waals surface area contributed by atoms with Gasteiger partial charge >= 0.3 is 0 Å². The molecule has 0 unspecified atom stereocenters. The molecule has 1 spiro atoms. The summed E-state index contributed by atoms with van der Waals surface area (Å²) < 4.78 is 0. The lowest BCUT2D eigenvalue weighted by Crippen LogP contribution is -2.56. The van der Waals surface area contributed by atoms with Gasteiger partial charge in [0.15, 0.2) is 0 Å². The van der Waals surface area contributed by atoms with E-state index in [1.54, 1.807) is 6.20 Å². The smallest absolute Gasteiger partial charge is 0.148 e. The SMILES string of the molecule is CC(C)(O)C1CN(c2nccc(Sc3cnc(N4CCC5(CC4)Cc4ccncc4C5)cn3)c2Cl)C1. The zero-order valence-electron chi connectivity index (χ0n) is 20.7. The third kappa shape index (κ3) is 4.55. The van der Waals surface area contributed by atoms with Gasteiger partial charge in [-0.25, -0.2) is 15.0 Å². The first-order chi connectivity index (χ1) is 17.3. The minimum Gasteiger partial charge on any atom is -0.390 e. The number of hydrogen-bond acceptors (Lipinski definition) is 8. The van der Waals surface area contributed by atoms with Crippen molar-refractivity contribution < 1.29 is 5.11 Å². The van der Waals surface area contributed by atoms with Crippen LogP contribution in [0.2, 0.25) is 5.02 Å². The first kappa shape index (κ1) is 23.9. The first-order valence-corrected chi connectivity index (χ1v) is 13.8. The maximum atomic E-state index is 10.2. The van der Waals surface area contributed by atoms with Gasteiger partial charge in [0.25, 0.3) is 0 Å². The van der Waals surface area contributed by atoms with Crippen molar-refractivity contribution in [3.63, 3.8) is 0 Å². The van der Waals surface area contributed by atoms with Gasteiger partial charge in [0.05, 0.1) is 23.0 Å². The van der Waals surface area contributed by atoms with Crippen LogP contribution in [-0.4, -0.2) is 56.8 Å². The van der Waals surface area contributed by atoms with E-state index in [1.807, 2.05) is 44.7 Å². The van der Waals surface area contributed by atoms with Crippen molar-refractivity contribution in [2.45, 2.75) is 55.1 Å². The van der Waals surface area contributed by atoms with Crippen molar-refractivity contribution in [1.82, 2.24) is 19.9 Å². The number of aliphatic hydroxyl groups is 1. The largest absolute Gasteiger partial charge is 0.390 e. The van der Waals surface area contributed by atoms with Crippen LogP contribution >= 0.6 is 23.4 Å². The number of nitrogens with zero attached hydrogens (tertiary/aromatic N) is 6. The lowest BCUT2D eigenvalue weighted by atomic mass is 9.76. The highest BCUT2D eigenvalue weighted by Gasteiger charge is 2.40. The molecule has 6 rings (SSSR count). The van der Waals surface area contributed by atoms with Crippen molar-refractivity contribution in [2.75, 3.05) is 36.0 Å². The van der Waals surface area contributed by atoms with Gasteiger partial charge in [0.1, 0.15) is 16.7 Å². The molecule has 2 saturated heterocycles. The van der Waals surface area contributed by atoms with E-state index in [-0.39, 0.29) is 5.92 Å². The zero-order chi connectivity index (χ0) is 24.9. The summed E-state index contributed by atoms with van der Waals surface area (Å²) in [6.07, 6.45) is 14.1. The van der Waals surface area contributed by atoms with E-state index in [0.29, 0.717) is 10.4 Å². The molecule has 9 heteroatoms. The third-order valence-corrected chi connectivity index (χ3v) is 9.59. The Kier molecular flexibility index (Phi) is 6.09. The number of aromatic nitrogens is 4. The summed E-state index contributed by atoms with van der Waals surface area (Å²) in [6, 6.07) is 4.10. The van der Waals surface area contributed by atoms with Crippen molar-refractivity contribution in [3.05, 3.63) is 59.3 Å². The summed E-state index contributed by atoms with van der Waals surface area (Å²) in [5.41, 5.74) is 2.59. The molecule has 0 saturated carbocycles. The average molecular weight is 523 g/mol. The molecule has 0 aromatic carbocycles. The molecule has 2 fully saturated rings. The van der Waals surface area contributed by atoms with Crippen LogP contribution in [0.5, 0.6) is 0 Å². The molecule has 3 aromatic heterocycles. The quantitative estimate of drug-likeness (QED) is 0.518. The highest BCUT2D eigenvalue weighted by Crippen LogP contribution is 2.45. The lowest BCUT2D eigenvalue weighted by molar-refractivity contribution is 0.00438. The summed E-state index contributed by atoms with van der Waals surface area (Å²) in [4.78, 5) is 23.6. The molecule has 0 bridgehead atoms. The molecule has 188 valence electrons. The van der Waals surface area contributed by atoms with Crippen LogP contribution in [0, 0.1) is 11.3 Å². The molecule has 1 N–H and O–H groups in total. The Balaban J connectivity index is 1.08. The summed E-state index contributed by atoms with van der Waals surface area (Å²) in [6.45, 7) is 7.21. The van der Waals surface area contributed by atoms with Gasteiger partial charge in [-0.05, 0) is 68.2 Å². The van der Waals surface area contributed by atoms with E-state index in [1.165, 1.54) is 42.2 Å². The number of pyridine rings is 2. The van der Waals surface area contributed by atoms with Crippen LogP contribution in [0.4, 0.5) is 11.6 Å². The Bertz CT molecular complexity index is 1220. The maximum Gasteiger partial charge on any atom is 0.148 e. The minimum atomic E-state index is -0.693. The number of halogens is 1. The molecule has 5 heterocycles. The fraction of sp³-hybridized carbons (Fsp3) is 0.481. The topological polar surface area (TPSA) is 78.3 Å². The standard InChI is InChI=1S/C27H31ClN6OS/c1-26(2,35)20-16-34(17-20)25-24(28)21(4-8-30-25)36-23-15-31-22(14-32-23)33-9-5-27(6-10-33)11-18-3-7-29-13-19(18)12-27/h3-4,7-8,13-15,20,35H,5-6,9-12,16-17H2,1-2H3. The van der Waals surface area contributed by atoms with Gasteiger partial charge in [-0.3, -0.25) is 4.98 Å². The second kappa shape index (κ2) is 9.15. The predicted molar refractivity (Wildman–Crippen MR) is 143 cm³/mol. The third-order valence-electron chi connectivity index (χ3n) is 8.13. The number of anilines is 2.